The number of amides is 1. The fourth-order valence-electron chi connectivity index (χ4n) is 2.76. The van der Waals surface area contributed by atoms with Gasteiger partial charge < -0.3 is 20.7 Å². The third-order valence-corrected chi connectivity index (χ3v) is 4.28. The van der Waals surface area contributed by atoms with Gasteiger partial charge in [-0.2, -0.15) is 13.2 Å². The predicted octanol–water partition coefficient (Wildman–Crippen LogP) is 2.82. The van der Waals surface area contributed by atoms with E-state index in [1.165, 1.54) is 12.1 Å². The van der Waals surface area contributed by atoms with Gasteiger partial charge >= 0.3 is 6.18 Å². The van der Waals surface area contributed by atoms with Crippen LogP contribution in [-0.2, 0) is 23.9 Å². The molecule has 2 rings (SSSR count). The molecule has 0 atom stereocenters. The van der Waals surface area contributed by atoms with Gasteiger partial charge in [0.2, 0.25) is 0 Å². The number of carbonyl (C=O) groups excluding carboxylic acids is 1. The maximum absolute atomic E-state index is 12.7. The van der Waals surface area contributed by atoms with Gasteiger partial charge in [-0.3, -0.25) is 9.79 Å². The average molecular weight is 422 g/mol. The minimum atomic E-state index is -4.34. The van der Waals surface area contributed by atoms with Crippen LogP contribution in [0.2, 0.25) is 0 Å². The number of benzene rings is 2. The van der Waals surface area contributed by atoms with Gasteiger partial charge in [-0.15, -0.1) is 0 Å². The van der Waals surface area contributed by atoms with Crippen LogP contribution in [0.25, 0.3) is 0 Å². The molecule has 162 valence electrons. The molecule has 6 nitrogen and oxygen atoms in total. The smallest absolute Gasteiger partial charge is 0.416 e. The fraction of sp³-hybridized carbons (Fsp3) is 0.333. The highest BCUT2D eigenvalue weighted by atomic mass is 19.4. The molecular weight excluding hydrogens is 397 g/mol. The van der Waals surface area contributed by atoms with Crippen molar-refractivity contribution in [1.82, 2.24) is 10.2 Å². The summed E-state index contributed by atoms with van der Waals surface area (Å²) in [6, 6.07) is 12.4. The third-order valence-electron chi connectivity index (χ3n) is 4.28. The van der Waals surface area contributed by atoms with Crippen LogP contribution in [0.5, 0.6) is 5.75 Å². The van der Waals surface area contributed by atoms with Gasteiger partial charge in [0.15, 0.2) is 12.6 Å². The zero-order valence-electron chi connectivity index (χ0n) is 16.9. The molecule has 2 aromatic carbocycles. The minimum Gasteiger partial charge on any atom is -0.484 e. The van der Waals surface area contributed by atoms with Gasteiger partial charge in [-0.25, -0.2) is 0 Å². The number of hydrogen-bond acceptors (Lipinski definition) is 3. The predicted molar refractivity (Wildman–Crippen MR) is 109 cm³/mol. The van der Waals surface area contributed by atoms with E-state index in [1.807, 2.05) is 24.1 Å². The average Bonchev–Trinajstić information content (AvgIpc) is 2.70. The number of halogens is 3. The molecule has 1 amide bonds. The number of aliphatic imine (C=N–C) groups is 1. The second-order valence-corrected chi connectivity index (χ2v) is 6.67. The summed E-state index contributed by atoms with van der Waals surface area (Å²) < 4.78 is 43.2. The Morgan fingerprint density at radius 3 is 2.23 bits per heavy atom. The molecule has 0 aromatic heterocycles. The maximum atomic E-state index is 12.7. The van der Waals surface area contributed by atoms with Crippen molar-refractivity contribution in [3.8, 4) is 5.75 Å². The topological polar surface area (TPSA) is 80.0 Å². The molecule has 0 spiro atoms. The Morgan fingerprint density at radius 2 is 1.70 bits per heavy atom. The van der Waals surface area contributed by atoms with Gasteiger partial charge in [-0.05, 0) is 41.8 Å². The second kappa shape index (κ2) is 10.5. The molecule has 0 aliphatic rings. The van der Waals surface area contributed by atoms with E-state index in [4.69, 9.17) is 10.5 Å². The Labute approximate surface area is 173 Å². The fourth-order valence-corrected chi connectivity index (χ4v) is 2.76. The molecule has 30 heavy (non-hydrogen) atoms. The van der Waals surface area contributed by atoms with Crippen molar-refractivity contribution in [3.05, 3.63) is 65.2 Å². The Kier molecular flexibility index (Phi) is 8.08. The molecule has 0 heterocycles. The molecule has 0 aliphatic carbocycles. The first kappa shape index (κ1) is 23.1. The van der Waals surface area contributed by atoms with E-state index in [0.29, 0.717) is 24.8 Å². The van der Waals surface area contributed by atoms with Crippen LogP contribution in [0.1, 0.15) is 16.7 Å². The first-order valence-corrected chi connectivity index (χ1v) is 9.27. The highest BCUT2D eigenvalue weighted by Crippen LogP contribution is 2.29. The number of nitrogens with two attached hydrogens (primary N) is 1. The van der Waals surface area contributed by atoms with Gasteiger partial charge in [0, 0.05) is 27.2 Å². The molecule has 0 saturated heterocycles. The number of nitrogens with zero attached hydrogens (tertiary/aromatic N) is 2. The lowest BCUT2D eigenvalue weighted by Crippen LogP contribution is -2.39. The van der Waals surface area contributed by atoms with Crippen molar-refractivity contribution >= 4 is 11.9 Å². The third kappa shape index (κ3) is 7.31. The molecule has 0 aliphatic heterocycles. The minimum absolute atomic E-state index is 0.164. The van der Waals surface area contributed by atoms with Crippen molar-refractivity contribution in [1.29, 1.82) is 0 Å². The van der Waals surface area contributed by atoms with E-state index < -0.39 is 17.6 Å². The summed E-state index contributed by atoms with van der Waals surface area (Å²) in [6.07, 6.45) is -3.61. The molecule has 2 aromatic rings. The maximum Gasteiger partial charge on any atom is 0.416 e. The number of hydrogen-bond donors (Lipinski definition) is 2. The van der Waals surface area contributed by atoms with Crippen molar-refractivity contribution in [3.63, 3.8) is 0 Å². The largest absolute Gasteiger partial charge is 0.484 e. The zero-order valence-corrected chi connectivity index (χ0v) is 16.9. The Morgan fingerprint density at radius 1 is 1.10 bits per heavy atom. The number of rotatable bonds is 8. The zero-order chi connectivity index (χ0) is 22.1. The number of carbonyl (C=O) groups is 1. The number of nitrogens with one attached hydrogen (secondary N) is 1. The van der Waals surface area contributed by atoms with Gasteiger partial charge in [0.1, 0.15) is 5.75 Å². The van der Waals surface area contributed by atoms with Crippen LogP contribution >= 0.6 is 0 Å². The van der Waals surface area contributed by atoms with Crippen LogP contribution in [0.4, 0.5) is 13.2 Å². The van der Waals surface area contributed by atoms with Crippen LogP contribution in [0.3, 0.4) is 0 Å². The highest BCUT2D eigenvalue weighted by molar-refractivity contribution is 5.79. The quantitative estimate of drug-likeness (QED) is 0.507. The van der Waals surface area contributed by atoms with E-state index in [0.717, 1.165) is 29.7 Å². The normalized spacial score (nSPS) is 11.8. The summed E-state index contributed by atoms with van der Waals surface area (Å²) in [5.74, 6) is 0.670. The Bertz CT molecular complexity index is 850. The molecular formula is C21H25F3N4O2. The van der Waals surface area contributed by atoms with Crippen molar-refractivity contribution in [2.24, 2.45) is 10.7 Å². The van der Waals surface area contributed by atoms with Gasteiger partial charge in [-0.1, -0.05) is 24.3 Å². The lowest BCUT2D eigenvalue weighted by molar-refractivity contribution is -0.137. The summed E-state index contributed by atoms with van der Waals surface area (Å²) in [6.45, 7) is 0.873. The van der Waals surface area contributed by atoms with E-state index in [-0.39, 0.29) is 6.61 Å². The monoisotopic (exact) mass is 422 g/mol. The van der Waals surface area contributed by atoms with Crippen LogP contribution < -0.4 is 15.8 Å². The highest BCUT2D eigenvalue weighted by Gasteiger charge is 2.29. The van der Waals surface area contributed by atoms with Crippen LogP contribution in [0, 0.1) is 0 Å². The van der Waals surface area contributed by atoms with E-state index in [2.05, 4.69) is 10.3 Å². The number of ether oxygens (including phenoxy) is 1. The number of alkyl halides is 3. The van der Waals surface area contributed by atoms with Crippen molar-refractivity contribution in [2.45, 2.75) is 19.1 Å². The van der Waals surface area contributed by atoms with Gasteiger partial charge in [0.05, 0.1) is 5.56 Å². The molecule has 0 saturated carbocycles. The standard InChI is InChI=1S/C21H25F3N4O2/c1-26-20(28(2)13-16-3-7-17(8-4-16)21(22,23)24)27-12-11-15-5-9-18(10-6-15)30-14-19(25)29/h3-10H,11-14H2,1-2H3,(H2,25,29)(H,26,27). The van der Waals surface area contributed by atoms with E-state index in [9.17, 15) is 18.0 Å². The molecule has 0 radical (unpaired) electrons. The Hall–Kier alpha value is -3.23. The van der Waals surface area contributed by atoms with E-state index >= 15 is 0 Å². The number of primary amides is 1. The second-order valence-electron chi connectivity index (χ2n) is 6.67. The summed E-state index contributed by atoms with van der Waals surface area (Å²) in [5, 5.41) is 3.23. The summed E-state index contributed by atoms with van der Waals surface area (Å²) in [5.41, 5.74) is 6.19. The summed E-state index contributed by atoms with van der Waals surface area (Å²) in [7, 11) is 3.47. The first-order chi connectivity index (χ1) is 14.2. The van der Waals surface area contributed by atoms with Crippen molar-refractivity contribution < 1.29 is 22.7 Å². The Balaban J connectivity index is 1.83. The number of guanidine groups is 1. The molecule has 0 fully saturated rings. The molecule has 3 N–H and O–H groups in total. The van der Waals surface area contributed by atoms with Crippen LogP contribution in [-0.4, -0.2) is 44.0 Å². The lowest BCUT2D eigenvalue weighted by atomic mass is 10.1. The first-order valence-electron chi connectivity index (χ1n) is 9.27. The SMILES string of the molecule is CN=C(NCCc1ccc(OCC(N)=O)cc1)N(C)Cc1ccc(C(F)(F)F)cc1. The van der Waals surface area contributed by atoms with Gasteiger partial charge in [0.25, 0.3) is 5.91 Å². The van der Waals surface area contributed by atoms with E-state index in [1.54, 1.807) is 19.2 Å². The summed E-state index contributed by atoms with van der Waals surface area (Å²) in [4.78, 5) is 16.8. The van der Waals surface area contributed by atoms with Crippen molar-refractivity contribution in [2.75, 3.05) is 27.2 Å². The summed E-state index contributed by atoms with van der Waals surface area (Å²) >= 11 is 0. The van der Waals surface area contributed by atoms with Crippen LogP contribution in [0.15, 0.2) is 53.5 Å². The molecule has 0 bridgehead atoms. The molecule has 9 heteroatoms. The molecule has 0 unspecified atom stereocenters. The lowest BCUT2D eigenvalue weighted by Gasteiger charge is -2.22.